The Balaban J connectivity index is 2.08. The number of azo groups is 1. The van der Waals surface area contributed by atoms with Gasteiger partial charge in [0.05, 0.1) is 11.4 Å². The van der Waals surface area contributed by atoms with Crippen LogP contribution in [0.3, 0.4) is 0 Å². The predicted octanol–water partition coefficient (Wildman–Crippen LogP) is 4.62. The summed E-state index contributed by atoms with van der Waals surface area (Å²) >= 11 is 0. The van der Waals surface area contributed by atoms with Gasteiger partial charge >= 0.3 is 6.43 Å². The standard InChI is InChI=1S/C16H15F2N3O/c1-21(2)14-9-7-13(8-10-14)20-19-12-5-3-11(4-6-12)15(22)16(17)18/h3-10,16H,1-2H3. The lowest BCUT2D eigenvalue weighted by atomic mass is 10.1. The molecule has 2 aromatic carbocycles. The van der Waals surface area contributed by atoms with Crippen molar-refractivity contribution >= 4 is 22.8 Å². The summed E-state index contributed by atoms with van der Waals surface area (Å²) in [4.78, 5) is 13.1. The van der Waals surface area contributed by atoms with Crippen molar-refractivity contribution in [3.05, 3.63) is 54.1 Å². The van der Waals surface area contributed by atoms with Gasteiger partial charge in [-0.1, -0.05) is 0 Å². The largest absolute Gasteiger partial charge is 0.378 e. The number of benzene rings is 2. The predicted molar refractivity (Wildman–Crippen MR) is 81.7 cm³/mol. The molecule has 0 aliphatic rings. The molecule has 0 saturated carbocycles. The van der Waals surface area contributed by atoms with Crippen molar-refractivity contribution in [3.63, 3.8) is 0 Å². The molecular weight excluding hydrogens is 288 g/mol. The zero-order valence-electron chi connectivity index (χ0n) is 12.2. The molecule has 0 saturated heterocycles. The minimum Gasteiger partial charge on any atom is -0.378 e. The smallest absolute Gasteiger partial charge is 0.300 e. The Labute approximate surface area is 127 Å². The number of alkyl halides is 2. The molecule has 0 amide bonds. The summed E-state index contributed by atoms with van der Waals surface area (Å²) in [5.41, 5.74) is 2.18. The first-order valence-corrected chi connectivity index (χ1v) is 6.59. The zero-order chi connectivity index (χ0) is 16.1. The van der Waals surface area contributed by atoms with E-state index in [-0.39, 0.29) is 5.56 Å². The van der Waals surface area contributed by atoms with Crippen LogP contribution < -0.4 is 4.90 Å². The van der Waals surface area contributed by atoms with Crippen LogP contribution in [0.1, 0.15) is 10.4 Å². The Kier molecular flexibility index (Phi) is 4.93. The highest BCUT2D eigenvalue weighted by Crippen LogP contribution is 2.22. The molecule has 6 heteroatoms. The van der Waals surface area contributed by atoms with Gasteiger partial charge in [0.15, 0.2) is 0 Å². The van der Waals surface area contributed by atoms with E-state index in [1.165, 1.54) is 24.3 Å². The van der Waals surface area contributed by atoms with Gasteiger partial charge in [0.25, 0.3) is 0 Å². The maximum atomic E-state index is 12.3. The number of carbonyl (C=O) groups excluding carboxylic acids is 1. The maximum Gasteiger partial charge on any atom is 0.300 e. The van der Waals surface area contributed by atoms with Crippen LogP contribution in [0.15, 0.2) is 58.8 Å². The van der Waals surface area contributed by atoms with Crippen molar-refractivity contribution in [2.45, 2.75) is 6.43 Å². The van der Waals surface area contributed by atoms with Gasteiger partial charge in [-0.05, 0) is 48.5 Å². The van der Waals surface area contributed by atoms with Gasteiger partial charge in [0.2, 0.25) is 5.78 Å². The number of hydrogen-bond acceptors (Lipinski definition) is 4. The molecule has 0 aromatic heterocycles. The van der Waals surface area contributed by atoms with Crippen molar-refractivity contribution in [1.29, 1.82) is 0 Å². The molecule has 0 bridgehead atoms. The molecule has 0 fully saturated rings. The van der Waals surface area contributed by atoms with E-state index in [1.54, 1.807) is 0 Å². The molecule has 2 rings (SSSR count). The fraction of sp³-hybridized carbons (Fsp3) is 0.188. The van der Waals surface area contributed by atoms with E-state index in [0.29, 0.717) is 11.4 Å². The van der Waals surface area contributed by atoms with E-state index >= 15 is 0 Å². The summed E-state index contributed by atoms with van der Waals surface area (Å²) in [5, 5.41) is 8.07. The highest BCUT2D eigenvalue weighted by molar-refractivity contribution is 5.98. The third kappa shape index (κ3) is 3.94. The third-order valence-corrected chi connectivity index (χ3v) is 3.00. The zero-order valence-corrected chi connectivity index (χ0v) is 12.2. The summed E-state index contributed by atoms with van der Waals surface area (Å²) in [6.45, 7) is 0. The fourth-order valence-corrected chi connectivity index (χ4v) is 1.75. The molecule has 0 unspecified atom stereocenters. The SMILES string of the molecule is CN(C)c1ccc(N=Nc2ccc(C(=O)C(F)F)cc2)cc1. The fourth-order valence-electron chi connectivity index (χ4n) is 1.75. The Hall–Kier alpha value is -2.63. The molecule has 4 nitrogen and oxygen atoms in total. The minimum atomic E-state index is -3.00. The number of anilines is 1. The average molecular weight is 303 g/mol. The van der Waals surface area contributed by atoms with E-state index < -0.39 is 12.2 Å². The van der Waals surface area contributed by atoms with E-state index in [1.807, 2.05) is 43.3 Å². The first-order chi connectivity index (χ1) is 10.5. The molecule has 2 aromatic rings. The Morgan fingerprint density at radius 2 is 1.36 bits per heavy atom. The van der Waals surface area contributed by atoms with Crippen LogP contribution in [-0.4, -0.2) is 26.3 Å². The lowest BCUT2D eigenvalue weighted by Crippen LogP contribution is -2.09. The topological polar surface area (TPSA) is 45.0 Å². The number of halogens is 2. The number of ketones is 1. The second-order valence-corrected chi connectivity index (χ2v) is 4.82. The summed E-state index contributed by atoms with van der Waals surface area (Å²) in [7, 11) is 3.89. The maximum absolute atomic E-state index is 12.3. The molecule has 0 radical (unpaired) electrons. The number of carbonyl (C=O) groups is 1. The third-order valence-electron chi connectivity index (χ3n) is 3.00. The lowest BCUT2D eigenvalue weighted by Gasteiger charge is -2.11. The average Bonchev–Trinajstić information content (AvgIpc) is 2.53. The van der Waals surface area contributed by atoms with Crippen LogP contribution in [0, 0.1) is 0 Å². The van der Waals surface area contributed by atoms with Crippen molar-refractivity contribution in [2.24, 2.45) is 10.2 Å². The Morgan fingerprint density at radius 3 is 1.77 bits per heavy atom. The quantitative estimate of drug-likeness (QED) is 0.598. The van der Waals surface area contributed by atoms with Gasteiger partial charge in [0, 0.05) is 25.3 Å². The molecule has 0 aliphatic heterocycles. The second kappa shape index (κ2) is 6.89. The van der Waals surface area contributed by atoms with E-state index in [0.717, 1.165) is 5.69 Å². The molecular formula is C16H15F2N3O. The van der Waals surface area contributed by atoms with E-state index in [4.69, 9.17) is 0 Å². The van der Waals surface area contributed by atoms with E-state index in [2.05, 4.69) is 10.2 Å². The van der Waals surface area contributed by atoms with Crippen LogP contribution in [0.4, 0.5) is 25.8 Å². The normalized spacial score (nSPS) is 11.1. The Bertz CT molecular complexity index is 665. The molecule has 0 aliphatic carbocycles. The second-order valence-electron chi connectivity index (χ2n) is 4.82. The van der Waals surface area contributed by atoms with Gasteiger partial charge in [-0.3, -0.25) is 4.79 Å². The van der Waals surface area contributed by atoms with Crippen LogP contribution >= 0.6 is 0 Å². The first-order valence-electron chi connectivity index (χ1n) is 6.59. The highest BCUT2D eigenvalue weighted by Gasteiger charge is 2.17. The monoisotopic (exact) mass is 303 g/mol. The van der Waals surface area contributed by atoms with E-state index in [9.17, 15) is 13.6 Å². The minimum absolute atomic E-state index is 0.0377. The number of nitrogens with zero attached hydrogens (tertiary/aromatic N) is 3. The van der Waals surface area contributed by atoms with Gasteiger partial charge in [-0.15, -0.1) is 0 Å². The molecule has 0 heterocycles. The van der Waals surface area contributed by atoms with Crippen molar-refractivity contribution in [3.8, 4) is 0 Å². The first kappa shape index (κ1) is 15.8. The lowest BCUT2D eigenvalue weighted by molar-refractivity contribution is 0.0679. The summed E-state index contributed by atoms with van der Waals surface area (Å²) in [6, 6.07) is 13.1. The molecule has 22 heavy (non-hydrogen) atoms. The molecule has 114 valence electrons. The van der Waals surface area contributed by atoms with Crippen LogP contribution in [0.2, 0.25) is 0 Å². The van der Waals surface area contributed by atoms with Crippen molar-refractivity contribution in [1.82, 2.24) is 0 Å². The molecule has 0 spiro atoms. The van der Waals surface area contributed by atoms with Gasteiger partial charge < -0.3 is 4.90 Å². The van der Waals surface area contributed by atoms with Gasteiger partial charge in [-0.25, -0.2) is 8.78 Å². The van der Waals surface area contributed by atoms with Crippen LogP contribution in [0.25, 0.3) is 0 Å². The number of Topliss-reactive ketones (excluding diaryl/α,β-unsaturated/α-hetero) is 1. The summed E-state index contributed by atoms with van der Waals surface area (Å²) in [5.74, 6) is -1.19. The Morgan fingerprint density at radius 1 is 0.909 bits per heavy atom. The van der Waals surface area contributed by atoms with Crippen LogP contribution in [0.5, 0.6) is 0 Å². The highest BCUT2D eigenvalue weighted by atomic mass is 19.3. The van der Waals surface area contributed by atoms with Gasteiger partial charge in [0.1, 0.15) is 0 Å². The van der Waals surface area contributed by atoms with Crippen LogP contribution in [-0.2, 0) is 0 Å². The van der Waals surface area contributed by atoms with Crippen molar-refractivity contribution in [2.75, 3.05) is 19.0 Å². The summed E-state index contributed by atoms with van der Waals surface area (Å²) in [6.07, 6.45) is -3.00. The number of rotatable bonds is 5. The summed E-state index contributed by atoms with van der Waals surface area (Å²) < 4.78 is 24.6. The molecule has 0 atom stereocenters. The molecule has 0 N–H and O–H groups in total. The van der Waals surface area contributed by atoms with Gasteiger partial charge in [-0.2, -0.15) is 10.2 Å². The number of hydrogen-bond donors (Lipinski definition) is 0. The van der Waals surface area contributed by atoms with Crippen molar-refractivity contribution < 1.29 is 13.6 Å².